The van der Waals surface area contributed by atoms with Crippen molar-refractivity contribution >= 4 is 6.03 Å². The number of aromatic amines is 2. The number of aliphatic hydroxyl groups is 4. The number of rotatable bonds is 8. The van der Waals surface area contributed by atoms with Gasteiger partial charge in [0.15, 0.2) is 12.2 Å². The lowest BCUT2D eigenvalue weighted by atomic mass is 10.1. The highest BCUT2D eigenvalue weighted by Crippen LogP contribution is 2.43. The molecule has 2 aromatic heterocycles. The van der Waals surface area contributed by atoms with Crippen LogP contribution in [0.4, 0.5) is 22.4 Å². The van der Waals surface area contributed by atoms with Crippen molar-refractivity contribution in [3.63, 3.8) is 0 Å². The van der Waals surface area contributed by atoms with Crippen molar-refractivity contribution in [2.45, 2.75) is 61.8 Å². The summed E-state index contributed by atoms with van der Waals surface area (Å²) in [4.78, 5) is 64.4. The fourth-order valence-electron chi connectivity index (χ4n) is 4.30. The zero-order valence-corrected chi connectivity index (χ0v) is 21.0. The number of carbonyl (C=O) groups excluding carboxylic acids is 1. The molecule has 17 nitrogen and oxygen atoms in total. The molecule has 2 aromatic rings. The summed E-state index contributed by atoms with van der Waals surface area (Å²) >= 11 is 0. The van der Waals surface area contributed by atoms with Gasteiger partial charge in [-0.15, -0.1) is 0 Å². The SMILES string of the molecule is O=C(NCc1cn([C@@H]2O[C@H](CO)[C@@H](O)C2(F)F)c(=O)[nH]c1=O)NCc1cn([C@@H]2O[C@H](CO)[C@@H](O)C2(F)F)c(=O)[nH]c1=O. The predicted octanol–water partition coefficient (Wildman–Crippen LogP) is -3.84. The summed E-state index contributed by atoms with van der Waals surface area (Å²) in [6.45, 7) is -3.35. The number of nitrogens with zero attached hydrogens (tertiary/aromatic N) is 2. The number of hydrogen-bond acceptors (Lipinski definition) is 11. The van der Waals surface area contributed by atoms with E-state index in [1.807, 2.05) is 0 Å². The van der Waals surface area contributed by atoms with E-state index in [1.54, 1.807) is 9.97 Å². The molecule has 2 aliphatic rings. The number of carbonyl (C=O) groups is 1. The lowest BCUT2D eigenvalue weighted by molar-refractivity contribution is -0.141. The van der Waals surface area contributed by atoms with Crippen molar-refractivity contribution in [3.8, 4) is 0 Å². The first-order chi connectivity index (χ1) is 19.6. The molecule has 0 bridgehead atoms. The van der Waals surface area contributed by atoms with E-state index in [1.165, 1.54) is 0 Å². The molecule has 4 heterocycles. The second-order valence-corrected chi connectivity index (χ2v) is 9.34. The molecule has 0 aromatic carbocycles. The normalized spacial score (nSPS) is 28.1. The molecule has 0 spiro atoms. The molecule has 4 rings (SSSR count). The molecule has 2 saturated heterocycles. The number of ether oxygens (including phenoxy) is 2. The quantitative estimate of drug-likeness (QED) is 0.134. The van der Waals surface area contributed by atoms with Gasteiger partial charge in [-0.2, -0.15) is 17.6 Å². The summed E-state index contributed by atoms with van der Waals surface area (Å²) < 4.78 is 68.1. The minimum absolute atomic E-state index is 0.261. The molecule has 0 saturated carbocycles. The van der Waals surface area contributed by atoms with E-state index in [4.69, 9.17) is 19.7 Å². The molecule has 0 radical (unpaired) electrons. The van der Waals surface area contributed by atoms with Crippen LogP contribution in [0.5, 0.6) is 0 Å². The number of alkyl halides is 4. The molecule has 42 heavy (non-hydrogen) atoms. The van der Waals surface area contributed by atoms with Gasteiger partial charge in [-0.05, 0) is 0 Å². The van der Waals surface area contributed by atoms with Crippen molar-refractivity contribution < 1.29 is 52.3 Å². The Morgan fingerprint density at radius 2 is 1.14 bits per heavy atom. The van der Waals surface area contributed by atoms with Crippen molar-refractivity contribution in [1.82, 2.24) is 29.7 Å². The van der Waals surface area contributed by atoms with Crippen LogP contribution in [0.3, 0.4) is 0 Å². The van der Waals surface area contributed by atoms with Crippen LogP contribution < -0.4 is 33.1 Å². The van der Waals surface area contributed by atoms with Gasteiger partial charge < -0.3 is 40.5 Å². The summed E-state index contributed by atoms with van der Waals surface area (Å²) in [6.07, 6.45) is -11.9. The summed E-state index contributed by atoms with van der Waals surface area (Å²) in [6, 6.07) is -1.08. The van der Waals surface area contributed by atoms with E-state index < -0.39 is 115 Å². The Morgan fingerprint density at radius 1 is 0.786 bits per heavy atom. The van der Waals surface area contributed by atoms with Crippen LogP contribution >= 0.6 is 0 Å². The van der Waals surface area contributed by atoms with Gasteiger partial charge in [0.1, 0.15) is 12.2 Å². The van der Waals surface area contributed by atoms with Gasteiger partial charge in [-0.25, -0.2) is 14.4 Å². The first kappa shape index (κ1) is 31.1. The molecule has 6 atom stereocenters. The lowest BCUT2D eigenvalue weighted by Gasteiger charge is -2.21. The number of halogens is 4. The lowest BCUT2D eigenvalue weighted by Crippen LogP contribution is -2.44. The van der Waals surface area contributed by atoms with E-state index in [0.29, 0.717) is 12.4 Å². The highest BCUT2D eigenvalue weighted by Gasteiger charge is 2.60. The Kier molecular flexibility index (Phi) is 8.44. The zero-order chi connectivity index (χ0) is 31.1. The third-order valence-corrected chi connectivity index (χ3v) is 6.59. The number of H-pyrrole nitrogens is 2. The average molecular weight is 612 g/mol. The third-order valence-electron chi connectivity index (χ3n) is 6.59. The Morgan fingerprint density at radius 3 is 1.45 bits per heavy atom. The molecule has 0 aliphatic carbocycles. The first-order valence-corrected chi connectivity index (χ1v) is 12.0. The topological polar surface area (TPSA) is 250 Å². The monoisotopic (exact) mass is 612 g/mol. The third kappa shape index (κ3) is 5.48. The van der Waals surface area contributed by atoms with Crippen LogP contribution in [0.15, 0.2) is 31.6 Å². The molecule has 2 fully saturated rings. The van der Waals surface area contributed by atoms with Crippen LogP contribution in [0.25, 0.3) is 0 Å². The fraction of sp³-hybridized carbons (Fsp3) is 0.571. The van der Waals surface area contributed by atoms with Crippen LogP contribution in [-0.4, -0.2) is 95.0 Å². The van der Waals surface area contributed by atoms with Crippen LogP contribution in [0.2, 0.25) is 0 Å². The van der Waals surface area contributed by atoms with Gasteiger partial charge in [0.2, 0.25) is 12.5 Å². The predicted molar refractivity (Wildman–Crippen MR) is 126 cm³/mol. The molecular weight excluding hydrogens is 588 g/mol. The van der Waals surface area contributed by atoms with Gasteiger partial charge in [0.25, 0.3) is 11.1 Å². The van der Waals surface area contributed by atoms with Gasteiger partial charge >= 0.3 is 29.3 Å². The Hall–Kier alpha value is -3.89. The molecule has 8 N–H and O–H groups in total. The molecule has 232 valence electrons. The molecule has 21 heteroatoms. The largest absolute Gasteiger partial charge is 0.394 e. The van der Waals surface area contributed by atoms with Gasteiger partial charge in [-0.3, -0.25) is 28.7 Å². The maximum Gasteiger partial charge on any atom is 0.330 e. The Labute approximate surface area is 228 Å². The average Bonchev–Trinajstić information content (AvgIpc) is 3.29. The number of hydrogen-bond donors (Lipinski definition) is 8. The highest BCUT2D eigenvalue weighted by molar-refractivity contribution is 5.73. The molecule has 2 aliphatic heterocycles. The summed E-state index contributed by atoms with van der Waals surface area (Å²) in [7, 11) is 0. The van der Waals surface area contributed by atoms with Crippen LogP contribution in [0, 0.1) is 0 Å². The van der Waals surface area contributed by atoms with Crippen molar-refractivity contribution in [1.29, 1.82) is 0 Å². The number of nitrogens with one attached hydrogen (secondary N) is 4. The van der Waals surface area contributed by atoms with Gasteiger partial charge in [0.05, 0.1) is 37.4 Å². The molecule has 2 amide bonds. The minimum atomic E-state index is -4.05. The summed E-state index contributed by atoms with van der Waals surface area (Å²) in [5, 5.41) is 41.9. The summed E-state index contributed by atoms with van der Waals surface area (Å²) in [5.41, 5.74) is -5.71. The Balaban J connectivity index is 1.46. The smallest absolute Gasteiger partial charge is 0.330 e. The van der Waals surface area contributed by atoms with E-state index in [9.17, 15) is 51.7 Å². The van der Waals surface area contributed by atoms with Gasteiger partial charge in [0, 0.05) is 12.4 Å². The number of amides is 2. The molecular formula is C21H24F4N6O11. The van der Waals surface area contributed by atoms with Crippen molar-refractivity contribution in [2.75, 3.05) is 13.2 Å². The van der Waals surface area contributed by atoms with Crippen LogP contribution in [-0.2, 0) is 22.6 Å². The zero-order valence-electron chi connectivity index (χ0n) is 21.0. The van der Waals surface area contributed by atoms with E-state index in [0.717, 1.165) is 0 Å². The van der Waals surface area contributed by atoms with Crippen LogP contribution in [0.1, 0.15) is 23.6 Å². The van der Waals surface area contributed by atoms with Crippen molar-refractivity contribution in [3.05, 3.63) is 65.2 Å². The molecule has 0 unspecified atom stereocenters. The maximum absolute atomic E-state index is 14.5. The number of aliphatic hydroxyl groups excluding tert-OH is 4. The van der Waals surface area contributed by atoms with E-state index in [-0.39, 0.29) is 9.13 Å². The van der Waals surface area contributed by atoms with E-state index in [2.05, 4.69) is 10.6 Å². The van der Waals surface area contributed by atoms with Gasteiger partial charge in [-0.1, -0.05) is 0 Å². The highest BCUT2D eigenvalue weighted by atomic mass is 19.3. The Bertz CT molecular complexity index is 1460. The second-order valence-electron chi connectivity index (χ2n) is 9.34. The number of urea groups is 1. The first-order valence-electron chi connectivity index (χ1n) is 12.0. The van der Waals surface area contributed by atoms with Crippen molar-refractivity contribution in [2.24, 2.45) is 0 Å². The summed E-state index contributed by atoms with van der Waals surface area (Å²) in [5.74, 6) is -8.10. The maximum atomic E-state index is 14.5. The standard InChI is InChI=1S/C21H24F4N6O11/c22-20(23)11(34)9(5-32)41-15(20)30-3-7(13(36)28-18(30)39)1-26-17(38)27-2-8-4-31(19(40)29-14(8)37)16-21(24,25)12(35)10(6-33)42-16/h3-4,9-12,15-16,32-35H,1-2,5-6H2,(H2,26,27,38)(H,28,36,39)(H,29,37,40)/t9-,10-,11-,12-,15-,16-/m1/s1. The number of aromatic nitrogens is 4. The second kappa shape index (κ2) is 11.4. The van der Waals surface area contributed by atoms with E-state index >= 15 is 0 Å². The minimum Gasteiger partial charge on any atom is -0.394 e. The fourth-order valence-corrected chi connectivity index (χ4v) is 4.30.